The van der Waals surface area contributed by atoms with Crippen LogP contribution in [0.2, 0.25) is 0 Å². The van der Waals surface area contributed by atoms with Crippen LogP contribution in [0.5, 0.6) is 0 Å². The first-order valence-electron chi connectivity index (χ1n) is 9.49. The third-order valence-electron chi connectivity index (χ3n) is 5.11. The van der Waals surface area contributed by atoms with Crippen LogP contribution in [0.1, 0.15) is 35.7 Å². The molecule has 0 spiro atoms. The number of hydrogen-bond donors (Lipinski definition) is 1. The summed E-state index contributed by atoms with van der Waals surface area (Å²) < 4.78 is 39.9. The van der Waals surface area contributed by atoms with E-state index in [4.69, 9.17) is 0 Å². The standard InChI is InChI=1S/C21H25FN2O3S/c1-16-11-14-24(15-12-16)28(26,27)20-8-4-18(5-9-20)21(25)23-13-10-17-2-6-19(22)7-3-17/h2-9,16H,10-15H2,1H3,(H,23,25). The van der Waals surface area contributed by atoms with Gasteiger partial charge in [-0.3, -0.25) is 4.79 Å². The molecule has 0 bridgehead atoms. The van der Waals surface area contributed by atoms with E-state index in [1.165, 1.54) is 40.7 Å². The topological polar surface area (TPSA) is 66.5 Å². The van der Waals surface area contributed by atoms with Gasteiger partial charge in [-0.15, -0.1) is 0 Å². The van der Waals surface area contributed by atoms with Gasteiger partial charge in [0.15, 0.2) is 0 Å². The van der Waals surface area contributed by atoms with E-state index < -0.39 is 10.0 Å². The van der Waals surface area contributed by atoms with Crippen LogP contribution < -0.4 is 5.32 Å². The van der Waals surface area contributed by atoms with Gasteiger partial charge in [0.25, 0.3) is 5.91 Å². The number of carbonyl (C=O) groups excluding carboxylic acids is 1. The Kier molecular flexibility index (Phi) is 6.46. The number of rotatable bonds is 6. The highest BCUT2D eigenvalue weighted by molar-refractivity contribution is 7.89. The summed E-state index contributed by atoms with van der Waals surface area (Å²) in [6.07, 6.45) is 2.33. The molecule has 7 heteroatoms. The van der Waals surface area contributed by atoms with Crippen molar-refractivity contribution in [1.29, 1.82) is 0 Å². The predicted molar refractivity (Wildman–Crippen MR) is 106 cm³/mol. The third kappa shape index (κ3) is 4.97. The van der Waals surface area contributed by atoms with Crippen molar-refractivity contribution >= 4 is 15.9 Å². The fraction of sp³-hybridized carbons (Fsp3) is 0.381. The molecule has 1 amide bonds. The smallest absolute Gasteiger partial charge is 0.251 e. The lowest BCUT2D eigenvalue weighted by Crippen LogP contribution is -2.37. The molecule has 1 saturated heterocycles. The summed E-state index contributed by atoms with van der Waals surface area (Å²) >= 11 is 0. The van der Waals surface area contributed by atoms with Gasteiger partial charge in [0.05, 0.1) is 4.90 Å². The average Bonchev–Trinajstić information content (AvgIpc) is 2.70. The van der Waals surface area contributed by atoms with Gasteiger partial charge in [0.2, 0.25) is 10.0 Å². The second kappa shape index (κ2) is 8.84. The Labute approximate surface area is 165 Å². The number of benzene rings is 2. The maximum Gasteiger partial charge on any atom is 0.251 e. The number of nitrogens with zero attached hydrogens (tertiary/aromatic N) is 1. The first-order chi connectivity index (χ1) is 13.4. The summed E-state index contributed by atoms with van der Waals surface area (Å²) in [5.74, 6) is -0.00724. The largest absolute Gasteiger partial charge is 0.352 e. The number of hydrogen-bond acceptors (Lipinski definition) is 3. The molecule has 0 saturated carbocycles. The van der Waals surface area contributed by atoms with E-state index in [0.717, 1.165) is 18.4 Å². The molecule has 1 aliphatic heterocycles. The van der Waals surface area contributed by atoms with Crippen molar-refractivity contribution in [1.82, 2.24) is 9.62 Å². The SMILES string of the molecule is CC1CCN(S(=O)(=O)c2ccc(C(=O)NCCc3ccc(F)cc3)cc2)CC1. The molecule has 1 N–H and O–H groups in total. The number of nitrogens with one attached hydrogen (secondary N) is 1. The van der Waals surface area contributed by atoms with Crippen molar-refractivity contribution in [3.8, 4) is 0 Å². The van der Waals surface area contributed by atoms with Crippen molar-refractivity contribution in [2.75, 3.05) is 19.6 Å². The lowest BCUT2D eigenvalue weighted by atomic mass is 10.0. The van der Waals surface area contributed by atoms with Crippen molar-refractivity contribution in [3.05, 3.63) is 65.5 Å². The molecular formula is C21H25FN2O3S. The molecule has 150 valence electrons. The molecule has 0 unspecified atom stereocenters. The minimum Gasteiger partial charge on any atom is -0.352 e. The molecule has 0 radical (unpaired) electrons. The molecule has 5 nitrogen and oxygen atoms in total. The summed E-state index contributed by atoms with van der Waals surface area (Å²) in [5, 5.41) is 2.80. The van der Waals surface area contributed by atoms with Crippen LogP contribution in [0.4, 0.5) is 4.39 Å². The number of halogens is 1. The Morgan fingerprint density at radius 2 is 1.68 bits per heavy atom. The Balaban J connectivity index is 1.57. The molecule has 0 aromatic heterocycles. The maximum atomic E-state index is 12.9. The number of piperidine rings is 1. The lowest BCUT2D eigenvalue weighted by Gasteiger charge is -2.29. The second-order valence-electron chi connectivity index (χ2n) is 7.24. The molecule has 1 aliphatic rings. The van der Waals surface area contributed by atoms with E-state index in [-0.39, 0.29) is 16.6 Å². The van der Waals surface area contributed by atoms with E-state index in [9.17, 15) is 17.6 Å². The van der Waals surface area contributed by atoms with E-state index in [0.29, 0.717) is 37.5 Å². The van der Waals surface area contributed by atoms with Crippen LogP contribution in [-0.2, 0) is 16.4 Å². The third-order valence-corrected chi connectivity index (χ3v) is 7.02. The van der Waals surface area contributed by atoms with E-state index in [2.05, 4.69) is 12.2 Å². The maximum absolute atomic E-state index is 12.9. The van der Waals surface area contributed by atoms with Crippen molar-refractivity contribution < 1.29 is 17.6 Å². The molecule has 2 aromatic carbocycles. The second-order valence-corrected chi connectivity index (χ2v) is 9.18. The van der Waals surface area contributed by atoms with Crippen LogP contribution in [0.15, 0.2) is 53.4 Å². The zero-order valence-electron chi connectivity index (χ0n) is 15.9. The fourth-order valence-electron chi connectivity index (χ4n) is 3.23. The fourth-order valence-corrected chi connectivity index (χ4v) is 4.70. The van der Waals surface area contributed by atoms with Gasteiger partial charge < -0.3 is 5.32 Å². The molecule has 1 heterocycles. The highest BCUT2D eigenvalue weighted by atomic mass is 32.2. The van der Waals surface area contributed by atoms with Crippen molar-refractivity contribution in [2.45, 2.75) is 31.1 Å². The number of carbonyl (C=O) groups is 1. The first-order valence-corrected chi connectivity index (χ1v) is 10.9. The van der Waals surface area contributed by atoms with Gasteiger partial charge in [-0.2, -0.15) is 4.31 Å². The highest BCUT2D eigenvalue weighted by Gasteiger charge is 2.28. The summed E-state index contributed by atoms with van der Waals surface area (Å²) in [7, 11) is -3.51. The summed E-state index contributed by atoms with van der Waals surface area (Å²) in [4.78, 5) is 12.5. The normalized spacial score (nSPS) is 16.1. The van der Waals surface area contributed by atoms with Crippen molar-refractivity contribution in [2.24, 2.45) is 5.92 Å². The van der Waals surface area contributed by atoms with Crippen LogP contribution >= 0.6 is 0 Å². The van der Waals surface area contributed by atoms with Crippen LogP contribution in [0.3, 0.4) is 0 Å². The lowest BCUT2D eigenvalue weighted by molar-refractivity contribution is 0.0954. The van der Waals surface area contributed by atoms with Gasteiger partial charge >= 0.3 is 0 Å². The monoisotopic (exact) mass is 404 g/mol. The first kappa shape index (κ1) is 20.5. The molecule has 0 aliphatic carbocycles. The van der Waals surface area contributed by atoms with E-state index in [1.807, 2.05) is 0 Å². The Morgan fingerprint density at radius 3 is 2.29 bits per heavy atom. The molecule has 2 aromatic rings. The van der Waals surface area contributed by atoms with E-state index >= 15 is 0 Å². The zero-order valence-corrected chi connectivity index (χ0v) is 16.7. The van der Waals surface area contributed by atoms with Crippen LogP contribution in [0.25, 0.3) is 0 Å². The van der Waals surface area contributed by atoms with Crippen LogP contribution in [-0.4, -0.2) is 38.3 Å². The highest BCUT2D eigenvalue weighted by Crippen LogP contribution is 2.23. The van der Waals surface area contributed by atoms with Gasteiger partial charge in [-0.05, 0) is 67.1 Å². The predicted octanol–water partition coefficient (Wildman–Crippen LogP) is 3.22. The molecule has 3 rings (SSSR count). The molecule has 1 fully saturated rings. The molecular weight excluding hydrogens is 379 g/mol. The van der Waals surface area contributed by atoms with Gasteiger partial charge in [-0.25, -0.2) is 12.8 Å². The van der Waals surface area contributed by atoms with Gasteiger partial charge in [-0.1, -0.05) is 19.1 Å². The summed E-state index contributed by atoms with van der Waals surface area (Å²) in [5.41, 5.74) is 1.34. The number of amides is 1. The minimum atomic E-state index is -3.51. The average molecular weight is 405 g/mol. The van der Waals surface area contributed by atoms with Crippen molar-refractivity contribution in [3.63, 3.8) is 0 Å². The number of sulfonamides is 1. The van der Waals surface area contributed by atoms with Gasteiger partial charge in [0.1, 0.15) is 5.82 Å². The van der Waals surface area contributed by atoms with Gasteiger partial charge in [0, 0.05) is 25.2 Å². The summed E-state index contributed by atoms with van der Waals surface area (Å²) in [6.45, 7) is 3.62. The Morgan fingerprint density at radius 1 is 1.07 bits per heavy atom. The quantitative estimate of drug-likeness (QED) is 0.804. The Hall–Kier alpha value is -2.25. The van der Waals surface area contributed by atoms with E-state index in [1.54, 1.807) is 12.1 Å². The summed E-state index contributed by atoms with van der Waals surface area (Å²) in [6, 6.07) is 12.2. The molecule has 28 heavy (non-hydrogen) atoms. The Bertz CT molecular complexity index is 904. The molecule has 0 atom stereocenters. The minimum absolute atomic E-state index is 0.213. The zero-order chi connectivity index (χ0) is 20.1. The van der Waals surface area contributed by atoms with Crippen LogP contribution in [0, 0.1) is 11.7 Å².